The summed E-state index contributed by atoms with van der Waals surface area (Å²) in [6.45, 7) is 2.24. The average molecular weight is 382 g/mol. The number of nitrogens with zero attached hydrogens (tertiary/aromatic N) is 1. The van der Waals surface area contributed by atoms with Gasteiger partial charge in [-0.3, -0.25) is 9.69 Å². The summed E-state index contributed by atoms with van der Waals surface area (Å²) in [6.07, 6.45) is 3.27. The molecule has 2 fully saturated rings. The van der Waals surface area contributed by atoms with Crippen LogP contribution in [0.4, 0.5) is 0 Å². The molecule has 1 amide bonds. The van der Waals surface area contributed by atoms with E-state index in [4.69, 9.17) is 4.74 Å². The van der Waals surface area contributed by atoms with Gasteiger partial charge in [-0.1, -0.05) is 22.9 Å². The first-order valence-corrected chi connectivity index (χ1v) is 8.68. The van der Waals surface area contributed by atoms with Gasteiger partial charge >= 0.3 is 5.97 Å². The zero-order valence-corrected chi connectivity index (χ0v) is 14.6. The van der Waals surface area contributed by atoms with Crippen LogP contribution in [-0.2, 0) is 9.53 Å². The second kappa shape index (κ2) is 6.24. The Hall–Kier alpha value is -1.40. The largest absolute Gasteiger partial charge is 0.480 e. The van der Waals surface area contributed by atoms with E-state index >= 15 is 0 Å². The second-order valence-corrected chi connectivity index (χ2v) is 7.39. The Balaban J connectivity index is 1.94. The van der Waals surface area contributed by atoms with Crippen molar-refractivity contribution < 1.29 is 19.4 Å². The predicted octanol–water partition coefficient (Wildman–Crippen LogP) is 3.28. The fourth-order valence-corrected chi connectivity index (χ4v) is 3.76. The minimum Gasteiger partial charge on any atom is -0.480 e. The molecule has 1 aromatic rings. The lowest BCUT2D eigenvalue weighted by Gasteiger charge is -2.42. The van der Waals surface area contributed by atoms with Gasteiger partial charge in [0.05, 0.1) is 6.61 Å². The molecule has 1 N–H and O–H groups in total. The van der Waals surface area contributed by atoms with Crippen LogP contribution in [0.15, 0.2) is 28.7 Å². The van der Waals surface area contributed by atoms with E-state index in [1.807, 2.05) is 0 Å². The summed E-state index contributed by atoms with van der Waals surface area (Å²) in [5, 5.41) is 9.51. The molecule has 3 rings (SSSR count). The lowest BCUT2D eigenvalue weighted by Crippen LogP contribution is -2.55. The lowest BCUT2D eigenvalue weighted by atomic mass is 9.83. The molecule has 5 nitrogen and oxygen atoms in total. The van der Waals surface area contributed by atoms with Crippen LogP contribution in [-0.4, -0.2) is 40.3 Å². The quantitative estimate of drug-likeness (QED) is 0.853. The topological polar surface area (TPSA) is 66.8 Å². The van der Waals surface area contributed by atoms with Crippen LogP contribution in [0.2, 0.25) is 0 Å². The molecule has 2 aliphatic rings. The van der Waals surface area contributed by atoms with Gasteiger partial charge in [0.25, 0.3) is 5.91 Å². The van der Waals surface area contributed by atoms with Crippen molar-refractivity contribution in [2.24, 2.45) is 5.92 Å². The fraction of sp³-hybridized carbons (Fsp3) is 0.529. The summed E-state index contributed by atoms with van der Waals surface area (Å²) < 4.78 is 6.78. The number of ether oxygens (including phenoxy) is 1. The Labute approximate surface area is 143 Å². The van der Waals surface area contributed by atoms with Crippen LogP contribution in [0, 0.1) is 5.92 Å². The van der Waals surface area contributed by atoms with E-state index < -0.39 is 17.7 Å². The van der Waals surface area contributed by atoms with E-state index in [9.17, 15) is 14.7 Å². The molecule has 1 aliphatic heterocycles. The second-order valence-electron chi connectivity index (χ2n) is 6.48. The number of hydrogen-bond donors (Lipinski definition) is 1. The van der Waals surface area contributed by atoms with Gasteiger partial charge in [-0.25, -0.2) is 4.79 Å². The normalized spacial score (nSPS) is 30.6. The van der Waals surface area contributed by atoms with Crippen LogP contribution in [0.1, 0.15) is 43.0 Å². The molecular formula is C17H20BrNO4. The SMILES string of the molecule is CC1CCC2(CC1)OC[C@@H](C(=O)O)N2C(=O)c1ccc(Br)cc1. The van der Waals surface area contributed by atoms with Gasteiger partial charge in [0, 0.05) is 10.0 Å². The van der Waals surface area contributed by atoms with Crippen molar-refractivity contribution in [1.29, 1.82) is 0 Å². The molecule has 124 valence electrons. The maximum Gasteiger partial charge on any atom is 0.328 e. The summed E-state index contributed by atoms with van der Waals surface area (Å²) >= 11 is 3.35. The molecule has 1 spiro atoms. The van der Waals surface area contributed by atoms with Crippen LogP contribution in [0.5, 0.6) is 0 Å². The van der Waals surface area contributed by atoms with Gasteiger partial charge in [0.2, 0.25) is 0 Å². The maximum atomic E-state index is 13.0. The van der Waals surface area contributed by atoms with E-state index in [0.717, 1.165) is 17.3 Å². The Kier molecular flexibility index (Phi) is 4.47. The summed E-state index contributed by atoms with van der Waals surface area (Å²) in [5.41, 5.74) is -0.275. The van der Waals surface area contributed by atoms with Gasteiger partial charge < -0.3 is 9.84 Å². The van der Waals surface area contributed by atoms with E-state index in [2.05, 4.69) is 22.9 Å². The third kappa shape index (κ3) is 3.02. The van der Waals surface area contributed by atoms with Crippen molar-refractivity contribution in [2.45, 2.75) is 44.4 Å². The molecule has 1 saturated heterocycles. The van der Waals surface area contributed by atoms with Gasteiger partial charge in [0.15, 0.2) is 6.04 Å². The van der Waals surface area contributed by atoms with Crippen molar-refractivity contribution >= 4 is 27.8 Å². The molecule has 1 saturated carbocycles. The number of carbonyl (C=O) groups is 2. The third-order valence-corrected chi connectivity index (χ3v) is 5.44. The van der Waals surface area contributed by atoms with E-state index in [0.29, 0.717) is 24.3 Å². The van der Waals surface area contributed by atoms with Crippen LogP contribution >= 0.6 is 15.9 Å². The van der Waals surface area contributed by atoms with Crippen LogP contribution in [0.3, 0.4) is 0 Å². The predicted molar refractivity (Wildman–Crippen MR) is 88.1 cm³/mol. The molecule has 0 aromatic heterocycles. The zero-order valence-electron chi connectivity index (χ0n) is 13.0. The number of benzene rings is 1. The number of hydrogen-bond acceptors (Lipinski definition) is 3. The standard InChI is InChI=1S/C17H20BrNO4/c1-11-6-8-17(9-7-11)19(14(10-23-17)16(21)22)15(20)12-2-4-13(18)5-3-12/h2-5,11,14H,6-10H2,1H3,(H,21,22)/t11?,14-,17?/m0/s1. The Morgan fingerprint density at radius 3 is 2.43 bits per heavy atom. The van der Waals surface area contributed by atoms with Gasteiger partial charge in [-0.05, 0) is 55.9 Å². The lowest BCUT2D eigenvalue weighted by molar-refractivity contribution is -0.143. The molecule has 1 atom stereocenters. The molecule has 1 aromatic carbocycles. The fourth-order valence-electron chi connectivity index (χ4n) is 3.50. The first-order chi connectivity index (χ1) is 10.9. The number of rotatable bonds is 2. The zero-order chi connectivity index (χ0) is 16.6. The Morgan fingerprint density at radius 2 is 1.87 bits per heavy atom. The van der Waals surface area contributed by atoms with Crippen molar-refractivity contribution in [3.8, 4) is 0 Å². The number of carbonyl (C=O) groups excluding carboxylic acids is 1. The number of halogens is 1. The van der Waals surface area contributed by atoms with Crippen molar-refractivity contribution in [3.05, 3.63) is 34.3 Å². The average Bonchev–Trinajstić information content (AvgIpc) is 2.90. The number of amides is 1. The molecular weight excluding hydrogens is 362 g/mol. The van der Waals surface area contributed by atoms with Crippen LogP contribution in [0.25, 0.3) is 0 Å². The molecule has 0 radical (unpaired) electrons. The molecule has 6 heteroatoms. The van der Waals surface area contributed by atoms with Crippen molar-refractivity contribution in [1.82, 2.24) is 4.90 Å². The summed E-state index contributed by atoms with van der Waals surface area (Å²) in [7, 11) is 0. The molecule has 23 heavy (non-hydrogen) atoms. The number of aliphatic carboxylic acids is 1. The minimum atomic E-state index is -1.01. The minimum absolute atomic E-state index is 0.0615. The van der Waals surface area contributed by atoms with E-state index in [1.165, 1.54) is 4.90 Å². The van der Waals surface area contributed by atoms with Gasteiger partial charge in [-0.2, -0.15) is 0 Å². The summed E-state index contributed by atoms with van der Waals surface area (Å²) in [5.74, 6) is -0.694. The Morgan fingerprint density at radius 1 is 1.26 bits per heavy atom. The highest BCUT2D eigenvalue weighted by Gasteiger charge is 2.53. The third-order valence-electron chi connectivity index (χ3n) is 4.91. The van der Waals surface area contributed by atoms with Gasteiger partial charge in [-0.15, -0.1) is 0 Å². The monoisotopic (exact) mass is 381 g/mol. The highest BCUT2D eigenvalue weighted by Crippen LogP contribution is 2.43. The molecule has 0 bridgehead atoms. The summed E-state index contributed by atoms with van der Waals surface area (Å²) in [4.78, 5) is 26.1. The molecule has 0 unspecified atom stereocenters. The highest BCUT2D eigenvalue weighted by atomic mass is 79.9. The van der Waals surface area contributed by atoms with Crippen molar-refractivity contribution in [2.75, 3.05) is 6.61 Å². The number of carboxylic acid groups (broad SMARTS) is 1. The van der Waals surface area contributed by atoms with E-state index in [1.54, 1.807) is 24.3 Å². The van der Waals surface area contributed by atoms with E-state index in [-0.39, 0.29) is 12.5 Å². The summed E-state index contributed by atoms with van der Waals surface area (Å²) in [6, 6.07) is 6.08. The highest BCUT2D eigenvalue weighted by molar-refractivity contribution is 9.10. The van der Waals surface area contributed by atoms with Gasteiger partial charge in [0.1, 0.15) is 5.72 Å². The Bertz CT molecular complexity index is 608. The smallest absolute Gasteiger partial charge is 0.328 e. The molecule has 1 aliphatic carbocycles. The maximum absolute atomic E-state index is 13.0. The molecule has 1 heterocycles. The van der Waals surface area contributed by atoms with Crippen molar-refractivity contribution in [3.63, 3.8) is 0 Å². The van der Waals surface area contributed by atoms with Crippen LogP contribution < -0.4 is 0 Å². The first-order valence-electron chi connectivity index (χ1n) is 7.89. The first kappa shape index (κ1) is 16.5. The number of carboxylic acids is 1.